The SMILES string of the molecule is Cc1cc(C#N)cc(C(=O)NC2CC2)c1NC(=O)c1cc(Oc2ccsc2)nn1-c1ncccc1Cl. The number of nitrogens with one attached hydrogen (secondary N) is 2. The molecular weight excluding hydrogens is 500 g/mol. The molecule has 0 unspecified atom stereocenters. The summed E-state index contributed by atoms with van der Waals surface area (Å²) in [6.45, 7) is 1.72. The van der Waals surface area contributed by atoms with E-state index in [2.05, 4.69) is 26.8 Å². The number of hydrogen-bond acceptors (Lipinski definition) is 7. The highest BCUT2D eigenvalue weighted by Gasteiger charge is 2.27. The minimum atomic E-state index is -0.558. The molecule has 0 spiro atoms. The van der Waals surface area contributed by atoms with Gasteiger partial charge in [0.2, 0.25) is 5.88 Å². The van der Waals surface area contributed by atoms with E-state index in [1.165, 1.54) is 34.3 Å². The van der Waals surface area contributed by atoms with Gasteiger partial charge in [-0.1, -0.05) is 11.6 Å². The van der Waals surface area contributed by atoms with Crippen molar-refractivity contribution in [2.24, 2.45) is 0 Å². The van der Waals surface area contributed by atoms with Crippen LogP contribution in [0.15, 0.2) is 53.4 Å². The van der Waals surface area contributed by atoms with Gasteiger partial charge in [0.25, 0.3) is 11.8 Å². The van der Waals surface area contributed by atoms with E-state index in [-0.39, 0.29) is 39.9 Å². The number of nitrogens with zero attached hydrogens (tertiary/aromatic N) is 4. The Morgan fingerprint density at radius 1 is 1.25 bits per heavy atom. The standard InChI is InChI=1S/C25H19ClN6O3S/c1-14-9-15(12-27)10-18(24(33)29-16-4-5-16)22(14)30-25(34)20-11-21(35-17-6-8-36-13-17)31-32(20)23-19(26)3-2-7-28-23/h2-3,6-11,13,16H,4-5H2,1H3,(H,29,33)(H,30,34). The summed E-state index contributed by atoms with van der Waals surface area (Å²) in [7, 11) is 0. The molecule has 1 fully saturated rings. The lowest BCUT2D eigenvalue weighted by Crippen LogP contribution is -2.28. The van der Waals surface area contributed by atoms with Gasteiger partial charge in [-0.15, -0.1) is 16.4 Å². The van der Waals surface area contributed by atoms with Gasteiger partial charge in [-0.05, 0) is 61.0 Å². The Morgan fingerprint density at radius 2 is 2.08 bits per heavy atom. The van der Waals surface area contributed by atoms with Crippen LogP contribution in [0.1, 0.15) is 44.8 Å². The second-order valence-electron chi connectivity index (χ2n) is 8.18. The Labute approximate surface area is 215 Å². The molecule has 0 saturated heterocycles. The van der Waals surface area contributed by atoms with Gasteiger partial charge in [0, 0.05) is 23.7 Å². The summed E-state index contributed by atoms with van der Waals surface area (Å²) in [5.74, 6) is 0.0791. The highest BCUT2D eigenvalue weighted by Crippen LogP contribution is 2.29. The number of benzene rings is 1. The minimum Gasteiger partial charge on any atom is -0.437 e. The summed E-state index contributed by atoms with van der Waals surface area (Å²) < 4.78 is 7.09. The number of pyridine rings is 1. The average Bonchev–Trinajstić information content (AvgIpc) is 3.35. The van der Waals surface area contributed by atoms with Gasteiger partial charge in [0.1, 0.15) is 11.4 Å². The highest BCUT2D eigenvalue weighted by atomic mass is 35.5. The van der Waals surface area contributed by atoms with Gasteiger partial charge in [0.05, 0.1) is 27.9 Å². The van der Waals surface area contributed by atoms with Crippen LogP contribution >= 0.6 is 22.9 Å². The topological polar surface area (TPSA) is 122 Å². The molecule has 0 bridgehead atoms. The molecule has 9 nitrogen and oxygen atoms in total. The predicted octanol–water partition coefficient (Wildman–Crippen LogP) is 5.10. The Bertz CT molecular complexity index is 1500. The number of halogens is 1. The van der Waals surface area contributed by atoms with E-state index < -0.39 is 5.91 Å². The monoisotopic (exact) mass is 518 g/mol. The van der Waals surface area contributed by atoms with Crippen molar-refractivity contribution in [3.05, 3.63) is 80.8 Å². The zero-order valence-corrected chi connectivity index (χ0v) is 20.6. The number of amides is 2. The van der Waals surface area contributed by atoms with Gasteiger partial charge < -0.3 is 15.4 Å². The van der Waals surface area contributed by atoms with Gasteiger partial charge in [-0.2, -0.15) is 5.26 Å². The maximum Gasteiger partial charge on any atom is 0.274 e. The lowest BCUT2D eigenvalue weighted by molar-refractivity contribution is 0.0952. The molecule has 180 valence electrons. The molecule has 1 aliphatic carbocycles. The molecule has 0 radical (unpaired) electrons. The van der Waals surface area contributed by atoms with Crippen molar-refractivity contribution >= 4 is 40.4 Å². The van der Waals surface area contributed by atoms with E-state index in [0.29, 0.717) is 22.6 Å². The minimum absolute atomic E-state index is 0.0955. The predicted molar refractivity (Wildman–Crippen MR) is 135 cm³/mol. The summed E-state index contributed by atoms with van der Waals surface area (Å²) >= 11 is 7.81. The first-order valence-electron chi connectivity index (χ1n) is 11.0. The van der Waals surface area contributed by atoms with Crippen LogP contribution in [0.25, 0.3) is 5.82 Å². The fourth-order valence-corrected chi connectivity index (χ4v) is 4.32. The first-order valence-corrected chi connectivity index (χ1v) is 12.3. The van der Waals surface area contributed by atoms with Gasteiger partial charge in [-0.3, -0.25) is 9.59 Å². The number of nitriles is 1. The summed E-state index contributed by atoms with van der Waals surface area (Å²) in [4.78, 5) is 30.8. The van der Waals surface area contributed by atoms with E-state index in [4.69, 9.17) is 16.3 Å². The third-order valence-electron chi connectivity index (χ3n) is 5.44. The normalized spacial score (nSPS) is 12.6. The van der Waals surface area contributed by atoms with Crippen molar-refractivity contribution in [3.8, 4) is 23.5 Å². The number of anilines is 1. The number of aromatic nitrogens is 3. The van der Waals surface area contributed by atoms with Gasteiger partial charge in [0.15, 0.2) is 5.82 Å². The summed E-state index contributed by atoms with van der Waals surface area (Å²) in [5, 5.41) is 23.5. The van der Waals surface area contributed by atoms with Crippen LogP contribution in [-0.2, 0) is 0 Å². The van der Waals surface area contributed by atoms with Crippen molar-refractivity contribution < 1.29 is 14.3 Å². The zero-order valence-electron chi connectivity index (χ0n) is 19.0. The number of carbonyl (C=O) groups is 2. The molecule has 1 aliphatic rings. The lowest BCUT2D eigenvalue weighted by Gasteiger charge is -2.15. The second kappa shape index (κ2) is 9.81. The van der Waals surface area contributed by atoms with Gasteiger partial charge in [-0.25, -0.2) is 9.67 Å². The molecule has 3 heterocycles. The summed E-state index contributed by atoms with van der Waals surface area (Å²) in [6.07, 6.45) is 3.34. The fourth-order valence-electron chi connectivity index (χ4n) is 3.56. The molecule has 2 amide bonds. The van der Waals surface area contributed by atoms with Crippen molar-refractivity contribution in [2.45, 2.75) is 25.8 Å². The lowest BCUT2D eigenvalue weighted by atomic mass is 10.0. The van der Waals surface area contributed by atoms with E-state index in [1.54, 1.807) is 36.6 Å². The third kappa shape index (κ3) is 4.93. The van der Waals surface area contributed by atoms with E-state index in [0.717, 1.165) is 12.8 Å². The van der Waals surface area contributed by atoms with Crippen molar-refractivity contribution in [1.82, 2.24) is 20.1 Å². The van der Waals surface area contributed by atoms with E-state index in [9.17, 15) is 14.9 Å². The molecule has 1 saturated carbocycles. The van der Waals surface area contributed by atoms with Crippen LogP contribution in [0.3, 0.4) is 0 Å². The zero-order chi connectivity index (χ0) is 25.2. The Kier molecular flexibility index (Phi) is 6.41. The molecule has 0 atom stereocenters. The second-order valence-corrected chi connectivity index (χ2v) is 9.37. The van der Waals surface area contributed by atoms with Crippen LogP contribution in [0, 0.1) is 18.3 Å². The molecule has 3 aromatic heterocycles. The summed E-state index contributed by atoms with van der Waals surface area (Å²) in [5.41, 5.74) is 1.50. The number of ether oxygens (including phenoxy) is 1. The molecule has 0 aliphatic heterocycles. The number of carbonyl (C=O) groups excluding carboxylic acids is 2. The number of hydrogen-bond donors (Lipinski definition) is 2. The number of thiophene rings is 1. The molecule has 4 aromatic rings. The largest absolute Gasteiger partial charge is 0.437 e. The molecule has 1 aromatic carbocycles. The number of rotatable bonds is 7. The van der Waals surface area contributed by atoms with Crippen LogP contribution in [0.5, 0.6) is 11.6 Å². The third-order valence-corrected chi connectivity index (χ3v) is 6.39. The molecule has 5 rings (SSSR count). The first-order chi connectivity index (χ1) is 17.4. The van der Waals surface area contributed by atoms with E-state index >= 15 is 0 Å². The smallest absolute Gasteiger partial charge is 0.274 e. The fraction of sp³-hybridized carbons (Fsp3) is 0.160. The van der Waals surface area contributed by atoms with Crippen LogP contribution in [0.4, 0.5) is 5.69 Å². The van der Waals surface area contributed by atoms with Crippen molar-refractivity contribution in [3.63, 3.8) is 0 Å². The van der Waals surface area contributed by atoms with Gasteiger partial charge >= 0.3 is 0 Å². The van der Waals surface area contributed by atoms with Crippen LogP contribution < -0.4 is 15.4 Å². The van der Waals surface area contributed by atoms with E-state index in [1.807, 2.05) is 5.38 Å². The maximum absolute atomic E-state index is 13.6. The quantitative estimate of drug-likeness (QED) is 0.351. The van der Waals surface area contributed by atoms with Crippen LogP contribution in [-0.4, -0.2) is 32.6 Å². The molecule has 11 heteroatoms. The van der Waals surface area contributed by atoms with Crippen LogP contribution in [0.2, 0.25) is 5.02 Å². The van der Waals surface area contributed by atoms with Crippen molar-refractivity contribution in [1.29, 1.82) is 5.26 Å². The average molecular weight is 519 g/mol. The van der Waals surface area contributed by atoms with Crippen molar-refractivity contribution in [2.75, 3.05) is 5.32 Å². The molecule has 36 heavy (non-hydrogen) atoms. The molecular formula is C25H19ClN6O3S. The Balaban J connectivity index is 1.53. The number of aryl methyl sites for hydroxylation is 1. The first kappa shape index (κ1) is 23.5. The summed E-state index contributed by atoms with van der Waals surface area (Å²) in [6, 6.07) is 11.8. The Morgan fingerprint density at radius 3 is 2.78 bits per heavy atom. The maximum atomic E-state index is 13.6. The Hall–Kier alpha value is -4.20. The molecule has 2 N–H and O–H groups in total. The highest BCUT2D eigenvalue weighted by molar-refractivity contribution is 7.08.